The number of aliphatic hydroxyl groups is 1. The molecule has 0 radical (unpaired) electrons. The van der Waals surface area contributed by atoms with Gasteiger partial charge in [-0.3, -0.25) is 23.4 Å². The first-order valence-electron chi connectivity index (χ1n) is 30.4. The van der Waals surface area contributed by atoms with Gasteiger partial charge in [-0.1, -0.05) is 226 Å². The van der Waals surface area contributed by atoms with Gasteiger partial charge >= 0.3 is 25.7 Å². The van der Waals surface area contributed by atoms with E-state index in [1.54, 1.807) is 0 Å². The third-order valence-electron chi connectivity index (χ3n) is 12.4. The number of hydrogen-bond acceptors (Lipinski definition) is 10. The molecule has 0 aromatic rings. The van der Waals surface area contributed by atoms with E-state index in [1.807, 2.05) is 12.2 Å². The van der Waals surface area contributed by atoms with Crippen molar-refractivity contribution >= 4 is 25.7 Å². The Morgan fingerprint density at radius 3 is 1.10 bits per heavy atom. The highest BCUT2D eigenvalue weighted by molar-refractivity contribution is 7.47. The molecule has 11 nitrogen and oxygen atoms in total. The van der Waals surface area contributed by atoms with Crippen LogP contribution in [0.15, 0.2) is 122 Å². The molecule has 0 aromatic carbocycles. The van der Waals surface area contributed by atoms with Crippen molar-refractivity contribution in [2.24, 2.45) is 0 Å². The molecule has 0 aliphatic rings. The molecule has 0 rings (SSSR count). The molecule has 0 bridgehead atoms. The molecule has 0 spiro atoms. The molecule has 12 heteroatoms. The monoisotopic (exact) mass is 1110 g/mol. The fraction of sp³-hybridized carbons (Fsp3) is 0.652. The Kier molecular flexibility index (Phi) is 55.9. The van der Waals surface area contributed by atoms with Gasteiger partial charge in [0.15, 0.2) is 6.10 Å². The van der Waals surface area contributed by atoms with Crippen molar-refractivity contribution in [3.8, 4) is 0 Å². The maximum atomic E-state index is 12.9. The molecule has 0 aliphatic carbocycles. The number of allylic oxidation sites excluding steroid dienone is 20. The quantitative estimate of drug-likeness (QED) is 0.0197. The Morgan fingerprint density at radius 1 is 0.372 bits per heavy atom. The molecule has 3 unspecified atom stereocenters. The number of ether oxygens (including phenoxy) is 3. The molecule has 444 valence electrons. The van der Waals surface area contributed by atoms with Crippen LogP contribution >= 0.6 is 7.82 Å². The highest BCUT2D eigenvalue weighted by atomic mass is 31.2. The number of esters is 3. The van der Waals surface area contributed by atoms with E-state index < -0.39 is 57.8 Å². The maximum Gasteiger partial charge on any atom is 0.472 e. The molecule has 2 N–H and O–H groups in total. The minimum Gasteiger partial charge on any atom is -0.462 e. The molecule has 0 aliphatic heterocycles. The van der Waals surface area contributed by atoms with Gasteiger partial charge in [0, 0.05) is 19.3 Å². The number of hydrogen-bond donors (Lipinski definition) is 2. The van der Waals surface area contributed by atoms with Crippen LogP contribution in [0.4, 0.5) is 0 Å². The molecule has 0 fully saturated rings. The molecule has 0 saturated carbocycles. The Morgan fingerprint density at radius 2 is 0.692 bits per heavy atom. The first-order valence-corrected chi connectivity index (χ1v) is 31.9. The smallest absolute Gasteiger partial charge is 0.462 e. The van der Waals surface area contributed by atoms with Crippen molar-refractivity contribution < 1.29 is 52.2 Å². The third-order valence-corrected chi connectivity index (χ3v) is 13.3. The van der Waals surface area contributed by atoms with Gasteiger partial charge in [0.05, 0.1) is 19.8 Å². The zero-order valence-electron chi connectivity index (χ0n) is 49.1. The van der Waals surface area contributed by atoms with E-state index in [-0.39, 0.29) is 25.9 Å². The normalized spacial score (nSPS) is 14.2. The van der Waals surface area contributed by atoms with Crippen molar-refractivity contribution in [1.82, 2.24) is 0 Å². The van der Waals surface area contributed by atoms with E-state index >= 15 is 0 Å². The van der Waals surface area contributed by atoms with Gasteiger partial charge in [0.2, 0.25) is 0 Å². The maximum absolute atomic E-state index is 12.9. The van der Waals surface area contributed by atoms with Crippen molar-refractivity contribution in [2.45, 2.75) is 251 Å². The fourth-order valence-electron chi connectivity index (χ4n) is 7.80. The summed E-state index contributed by atoms with van der Waals surface area (Å²) in [6.07, 6.45) is 73.1. The first kappa shape index (κ1) is 73.9. The predicted molar refractivity (Wildman–Crippen MR) is 325 cm³/mol. The van der Waals surface area contributed by atoms with E-state index in [1.165, 1.54) is 57.8 Å². The summed E-state index contributed by atoms with van der Waals surface area (Å²) >= 11 is 0. The lowest BCUT2D eigenvalue weighted by atomic mass is 10.1. The summed E-state index contributed by atoms with van der Waals surface area (Å²) in [4.78, 5) is 48.6. The van der Waals surface area contributed by atoms with Gasteiger partial charge in [-0.15, -0.1) is 0 Å². The van der Waals surface area contributed by atoms with Crippen molar-refractivity contribution in [3.05, 3.63) is 122 Å². The number of carbonyl (C=O) groups excluding carboxylic acids is 3. The SMILES string of the molecule is CC/C=C\C/C=C\C/C=C\C/C=C\CCCCCCCCC(=O)OC(COC(=O)CCCCCCCCCCC/C=C\C/C=C\CCCCC)COP(=O)(O)OCC(CO)OC(=O)CC/C=C\C/C=C\C/C=C\C/C=C\CC. The van der Waals surface area contributed by atoms with Gasteiger partial charge < -0.3 is 24.2 Å². The van der Waals surface area contributed by atoms with Crippen LogP contribution in [0.5, 0.6) is 0 Å². The van der Waals surface area contributed by atoms with E-state index in [4.69, 9.17) is 23.3 Å². The second-order valence-electron chi connectivity index (χ2n) is 19.7. The Hall–Kier alpha value is -4.12. The molecule has 0 heterocycles. The van der Waals surface area contributed by atoms with E-state index in [9.17, 15) is 28.9 Å². The second kappa shape index (κ2) is 59.0. The largest absolute Gasteiger partial charge is 0.472 e. The molecule has 78 heavy (non-hydrogen) atoms. The van der Waals surface area contributed by atoms with Crippen LogP contribution in [0, 0.1) is 0 Å². The summed E-state index contributed by atoms with van der Waals surface area (Å²) in [6, 6.07) is 0. The zero-order valence-corrected chi connectivity index (χ0v) is 50.0. The van der Waals surface area contributed by atoms with Crippen LogP contribution in [0.3, 0.4) is 0 Å². The van der Waals surface area contributed by atoms with Crippen LogP contribution in [0.1, 0.15) is 239 Å². The molecule has 0 saturated heterocycles. The summed E-state index contributed by atoms with van der Waals surface area (Å²) in [5, 5.41) is 9.81. The van der Waals surface area contributed by atoms with Crippen LogP contribution in [-0.2, 0) is 42.2 Å². The first-order chi connectivity index (χ1) is 38.2. The summed E-state index contributed by atoms with van der Waals surface area (Å²) in [5.74, 6) is -1.58. The lowest BCUT2D eigenvalue weighted by molar-refractivity contribution is -0.161. The Bertz CT molecular complexity index is 1770. The number of aliphatic hydroxyl groups excluding tert-OH is 1. The summed E-state index contributed by atoms with van der Waals surface area (Å²) in [7, 11) is -4.78. The lowest BCUT2D eigenvalue weighted by Crippen LogP contribution is -2.30. The van der Waals surface area contributed by atoms with Gasteiger partial charge in [0.1, 0.15) is 12.7 Å². The van der Waals surface area contributed by atoms with Crippen LogP contribution in [0.2, 0.25) is 0 Å². The van der Waals surface area contributed by atoms with E-state index in [2.05, 4.69) is 130 Å². The Balaban J connectivity index is 4.81. The fourth-order valence-corrected chi connectivity index (χ4v) is 8.59. The van der Waals surface area contributed by atoms with Crippen molar-refractivity contribution in [3.63, 3.8) is 0 Å². The average molecular weight is 1110 g/mol. The van der Waals surface area contributed by atoms with Gasteiger partial charge in [0.25, 0.3) is 0 Å². The number of rotatable bonds is 55. The van der Waals surface area contributed by atoms with E-state index in [0.29, 0.717) is 19.3 Å². The standard InChI is InChI=1S/C66H109O11P/c1-4-7-10-13-16-19-22-25-27-29-31-33-35-38-40-43-46-49-52-55-64(68)73-59-63(77-66(70)57-54-51-48-45-42-39-36-34-32-30-28-26-23-20-17-14-11-8-5-2)61-75-78(71,72)74-60-62(58-67)76-65(69)56-53-50-47-44-41-37-24-21-18-15-12-9-6-3/h8-9,11-12,16-21,25-28,32,34,37,41,47,50,62-63,67H,4-7,10,13-15,22-24,29-31,33,35-36,38-40,42-46,48-49,51-61H2,1-3H3,(H,71,72)/b11-8-,12-9-,19-16-,20-17-,21-18-,27-25-,28-26-,34-32-,41-37-,50-47-. The molecule has 3 atom stereocenters. The summed E-state index contributed by atoms with van der Waals surface area (Å²) < 4.78 is 39.5. The van der Waals surface area contributed by atoms with Crippen LogP contribution in [0.25, 0.3) is 0 Å². The summed E-state index contributed by atoms with van der Waals surface area (Å²) in [5.41, 5.74) is 0. The minimum absolute atomic E-state index is 0.0494. The Labute approximate surface area is 475 Å². The number of phosphoric acid groups is 1. The number of phosphoric ester groups is 1. The number of carbonyl (C=O) groups is 3. The average Bonchev–Trinajstić information content (AvgIpc) is 3.43. The molecular formula is C66H109O11P. The minimum atomic E-state index is -4.78. The van der Waals surface area contributed by atoms with E-state index in [0.717, 1.165) is 122 Å². The zero-order chi connectivity index (χ0) is 56.9. The highest BCUT2D eigenvalue weighted by Crippen LogP contribution is 2.43. The highest BCUT2D eigenvalue weighted by Gasteiger charge is 2.28. The van der Waals surface area contributed by atoms with Crippen molar-refractivity contribution in [1.29, 1.82) is 0 Å². The molecular weight excluding hydrogens is 1000 g/mol. The van der Waals surface area contributed by atoms with Crippen LogP contribution in [-0.4, -0.2) is 66.5 Å². The molecule has 0 amide bonds. The second-order valence-corrected chi connectivity index (χ2v) is 21.2. The van der Waals surface area contributed by atoms with Gasteiger partial charge in [-0.25, -0.2) is 4.57 Å². The topological polar surface area (TPSA) is 155 Å². The molecule has 0 aromatic heterocycles. The van der Waals surface area contributed by atoms with Gasteiger partial charge in [-0.2, -0.15) is 0 Å². The third kappa shape index (κ3) is 56.6. The summed E-state index contributed by atoms with van der Waals surface area (Å²) in [6.45, 7) is 4.29. The van der Waals surface area contributed by atoms with Crippen LogP contribution < -0.4 is 0 Å². The van der Waals surface area contributed by atoms with Gasteiger partial charge in [-0.05, 0) is 116 Å². The lowest BCUT2D eigenvalue weighted by Gasteiger charge is -2.21. The van der Waals surface area contributed by atoms with Crippen molar-refractivity contribution in [2.75, 3.05) is 26.4 Å². The predicted octanol–water partition coefficient (Wildman–Crippen LogP) is 18.4. The number of unbranched alkanes of at least 4 members (excludes halogenated alkanes) is 18.